The van der Waals surface area contributed by atoms with Crippen LogP contribution in [0.1, 0.15) is 16.7 Å². The van der Waals surface area contributed by atoms with E-state index in [1.54, 1.807) is 10.9 Å². The van der Waals surface area contributed by atoms with Crippen molar-refractivity contribution in [3.05, 3.63) is 114 Å². The zero-order valence-corrected chi connectivity index (χ0v) is 16.3. The second-order valence-corrected chi connectivity index (χ2v) is 6.98. The Labute approximate surface area is 169 Å². The molecular weight excluding hydrogens is 360 g/mol. The van der Waals surface area contributed by atoms with Crippen molar-refractivity contribution in [3.63, 3.8) is 0 Å². The van der Waals surface area contributed by atoms with E-state index in [9.17, 15) is 4.79 Å². The first kappa shape index (κ1) is 18.6. The minimum absolute atomic E-state index is 0.193. The van der Waals surface area contributed by atoms with E-state index < -0.39 is 0 Å². The van der Waals surface area contributed by atoms with E-state index in [4.69, 9.17) is 0 Å². The quantitative estimate of drug-likeness (QED) is 0.528. The summed E-state index contributed by atoms with van der Waals surface area (Å²) in [5.41, 5.74) is 4.84. The molecule has 0 spiro atoms. The molecule has 1 amide bonds. The van der Waals surface area contributed by atoms with Gasteiger partial charge in [0.25, 0.3) is 5.91 Å². The third kappa shape index (κ3) is 4.76. The number of amides is 1. The highest BCUT2D eigenvalue weighted by atomic mass is 16.1. The zero-order chi connectivity index (χ0) is 20.1. The topological polar surface area (TPSA) is 52.2 Å². The van der Waals surface area contributed by atoms with Crippen LogP contribution in [-0.4, -0.2) is 20.3 Å². The fraction of sp³-hybridized carbons (Fsp3) is 0.125. The van der Waals surface area contributed by atoms with Crippen LogP contribution in [-0.2, 0) is 17.8 Å². The minimum Gasteiger partial charge on any atom is -0.328 e. The third-order valence-electron chi connectivity index (χ3n) is 4.64. The maximum absolute atomic E-state index is 12.6. The number of carbonyl (C=O) groups excluding carboxylic acids is 1. The lowest BCUT2D eigenvalue weighted by Crippen LogP contribution is -2.22. The van der Waals surface area contributed by atoms with Crippen molar-refractivity contribution in [1.29, 1.82) is 0 Å². The maximum atomic E-state index is 12.6. The summed E-state index contributed by atoms with van der Waals surface area (Å²) >= 11 is 0. The molecule has 4 rings (SSSR count). The van der Waals surface area contributed by atoms with Gasteiger partial charge in [-0.3, -0.25) is 4.79 Å². The summed E-state index contributed by atoms with van der Waals surface area (Å²) in [7, 11) is 0. The SMILES string of the molecule is Cc1ccc(Cn2ccccc2=NC(=O)Cc2cnn(-c3ccccc3)c2)cc1. The van der Waals surface area contributed by atoms with Gasteiger partial charge in [0.1, 0.15) is 5.49 Å². The van der Waals surface area contributed by atoms with Crippen LogP contribution in [0.4, 0.5) is 0 Å². The highest BCUT2D eigenvalue weighted by molar-refractivity contribution is 5.79. The number of rotatable bonds is 5. The average Bonchev–Trinajstić information content (AvgIpc) is 3.20. The largest absolute Gasteiger partial charge is 0.328 e. The van der Waals surface area contributed by atoms with Crippen molar-refractivity contribution in [2.45, 2.75) is 19.9 Å². The Morgan fingerprint density at radius 3 is 2.48 bits per heavy atom. The Hall–Kier alpha value is -3.73. The molecule has 2 aromatic heterocycles. The van der Waals surface area contributed by atoms with E-state index in [0.717, 1.165) is 11.3 Å². The second kappa shape index (κ2) is 8.52. The van der Waals surface area contributed by atoms with Gasteiger partial charge in [0, 0.05) is 18.9 Å². The molecule has 4 aromatic rings. The average molecular weight is 382 g/mol. The van der Waals surface area contributed by atoms with Crippen molar-refractivity contribution >= 4 is 5.91 Å². The lowest BCUT2D eigenvalue weighted by Gasteiger charge is -2.07. The molecule has 2 aromatic carbocycles. The van der Waals surface area contributed by atoms with Crippen molar-refractivity contribution in [1.82, 2.24) is 14.3 Å². The first-order valence-corrected chi connectivity index (χ1v) is 9.55. The number of carbonyl (C=O) groups is 1. The minimum atomic E-state index is -0.193. The molecule has 5 heteroatoms. The van der Waals surface area contributed by atoms with Gasteiger partial charge in [-0.2, -0.15) is 10.1 Å². The van der Waals surface area contributed by atoms with Gasteiger partial charge in [0.2, 0.25) is 0 Å². The molecule has 0 fully saturated rings. The number of pyridine rings is 1. The lowest BCUT2D eigenvalue weighted by atomic mass is 10.1. The predicted molar refractivity (Wildman–Crippen MR) is 113 cm³/mol. The maximum Gasteiger partial charge on any atom is 0.252 e. The van der Waals surface area contributed by atoms with Gasteiger partial charge in [-0.25, -0.2) is 4.68 Å². The van der Waals surface area contributed by atoms with Crippen LogP contribution < -0.4 is 5.49 Å². The van der Waals surface area contributed by atoms with Gasteiger partial charge in [-0.1, -0.05) is 54.1 Å². The molecule has 0 atom stereocenters. The van der Waals surface area contributed by atoms with Gasteiger partial charge >= 0.3 is 0 Å². The Morgan fingerprint density at radius 2 is 1.69 bits per heavy atom. The van der Waals surface area contributed by atoms with E-state index in [1.165, 1.54) is 11.1 Å². The number of hydrogen-bond acceptors (Lipinski definition) is 2. The number of benzene rings is 2. The Bertz CT molecular complexity index is 1170. The Balaban J connectivity index is 1.52. The molecule has 0 aliphatic carbocycles. The van der Waals surface area contributed by atoms with E-state index in [2.05, 4.69) is 41.3 Å². The van der Waals surface area contributed by atoms with Crippen molar-refractivity contribution < 1.29 is 4.79 Å². The van der Waals surface area contributed by atoms with E-state index in [0.29, 0.717) is 12.0 Å². The smallest absolute Gasteiger partial charge is 0.252 e. The number of aromatic nitrogens is 3. The molecule has 144 valence electrons. The lowest BCUT2D eigenvalue weighted by molar-refractivity contribution is -0.117. The summed E-state index contributed by atoms with van der Waals surface area (Å²) in [5.74, 6) is -0.193. The fourth-order valence-electron chi connectivity index (χ4n) is 3.11. The second-order valence-electron chi connectivity index (χ2n) is 6.98. The van der Waals surface area contributed by atoms with Crippen molar-refractivity contribution in [2.75, 3.05) is 0 Å². The van der Waals surface area contributed by atoms with Gasteiger partial charge < -0.3 is 4.57 Å². The van der Waals surface area contributed by atoms with Crippen molar-refractivity contribution in [3.8, 4) is 5.69 Å². The van der Waals surface area contributed by atoms with Crippen LogP contribution in [0.25, 0.3) is 5.69 Å². The zero-order valence-electron chi connectivity index (χ0n) is 16.3. The first-order chi connectivity index (χ1) is 14.2. The summed E-state index contributed by atoms with van der Waals surface area (Å²) in [6.45, 7) is 2.73. The molecule has 0 saturated carbocycles. The van der Waals surface area contributed by atoms with Crippen LogP contribution in [0, 0.1) is 6.92 Å². The normalized spacial score (nSPS) is 11.6. The first-order valence-electron chi connectivity index (χ1n) is 9.55. The standard InChI is InChI=1S/C24H22N4O/c1-19-10-12-20(13-11-19)17-27-14-6-5-9-23(27)26-24(29)15-21-16-25-28(18-21)22-7-3-2-4-8-22/h2-14,16,18H,15,17H2,1H3. The van der Waals surface area contributed by atoms with Crippen LogP contribution in [0.5, 0.6) is 0 Å². The summed E-state index contributed by atoms with van der Waals surface area (Å²) in [4.78, 5) is 16.9. The number of hydrogen-bond donors (Lipinski definition) is 0. The van der Waals surface area contributed by atoms with Crippen molar-refractivity contribution in [2.24, 2.45) is 4.99 Å². The Kier molecular flexibility index (Phi) is 5.47. The van der Waals surface area contributed by atoms with Crippen LogP contribution in [0.3, 0.4) is 0 Å². The van der Waals surface area contributed by atoms with Crippen LogP contribution in [0.2, 0.25) is 0 Å². The molecule has 0 unspecified atom stereocenters. The number of aryl methyl sites for hydroxylation is 1. The molecule has 0 N–H and O–H groups in total. The molecule has 0 radical (unpaired) electrons. The predicted octanol–water partition coefficient (Wildman–Crippen LogP) is 3.70. The fourth-order valence-corrected chi connectivity index (χ4v) is 3.11. The Morgan fingerprint density at radius 1 is 0.931 bits per heavy atom. The molecule has 5 nitrogen and oxygen atoms in total. The van der Waals surface area contributed by atoms with E-state index >= 15 is 0 Å². The van der Waals surface area contributed by atoms with Gasteiger partial charge in [-0.05, 0) is 42.3 Å². The monoisotopic (exact) mass is 382 g/mol. The number of para-hydroxylation sites is 1. The molecule has 0 aliphatic rings. The van der Waals surface area contributed by atoms with Gasteiger partial charge in [-0.15, -0.1) is 0 Å². The molecular formula is C24H22N4O. The third-order valence-corrected chi connectivity index (χ3v) is 4.64. The molecule has 29 heavy (non-hydrogen) atoms. The van der Waals surface area contributed by atoms with E-state index in [1.807, 2.05) is 65.5 Å². The summed E-state index contributed by atoms with van der Waals surface area (Å²) < 4.78 is 3.75. The summed E-state index contributed by atoms with van der Waals surface area (Å²) in [6.07, 6.45) is 5.74. The van der Waals surface area contributed by atoms with Gasteiger partial charge in [0.05, 0.1) is 18.3 Å². The van der Waals surface area contributed by atoms with E-state index in [-0.39, 0.29) is 12.3 Å². The molecule has 0 bridgehead atoms. The molecule has 0 saturated heterocycles. The summed E-state index contributed by atoms with van der Waals surface area (Å²) in [6, 6.07) is 23.9. The van der Waals surface area contributed by atoms with Gasteiger partial charge in [0.15, 0.2) is 0 Å². The highest BCUT2D eigenvalue weighted by Gasteiger charge is 2.06. The number of nitrogens with zero attached hydrogens (tertiary/aromatic N) is 4. The molecule has 2 heterocycles. The van der Waals surface area contributed by atoms with Crippen LogP contribution in [0.15, 0.2) is 96.4 Å². The molecule has 0 aliphatic heterocycles. The summed E-state index contributed by atoms with van der Waals surface area (Å²) in [5, 5.41) is 4.34. The highest BCUT2D eigenvalue weighted by Crippen LogP contribution is 2.08. The van der Waals surface area contributed by atoms with Crippen LogP contribution >= 0.6 is 0 Å².